The van der Waals surface area contributed by atoms with Gasteiger partial charge in [0.2, 0.25) is 0 Å². The number of rotatable bonds is 7. The highest BCUT2D eigenvalue weighted by atomic mass is 35.5. The van der Waals surface area contributed by atoms with E-state index in [9.17, 15) is 14.7 Å². The molecule has 0 bridgehead atoms. The number of amides is 1. The summed E-state index contributed by atoms with van der Waals surface area (Å²) in [6.07, 6.45) is 1.95. The number of hydrogen-bond donors (Lipinski definition) is 1. The Hall–Kier alpha value is -2.35. The summed E-state index contributed by atoms with van der Waals surface area (Å²) in [7, 11) is 0. The molecule has 29 heavy (non-hydrogen) atoms. The fourth-order valence-corrected chi connectivity index (χ4v) is 4.40. The van der Waals surface area contributed by atoms with Crippen LogP contribution in [0.15, 0.2) is 53.4 Å². The average molecular weight is 448 g/mol. The predicted octanol–water partition coefficient (Wildman–Crippen LogP) is 4.98. The number of carboxylic acids is 1. The predicted molar refractivity (Wildman–Crippen MR) is 119 cm³/mol. The van der Waals surface area contributed by atoms with Gasteiger partial charge in [0.05, 0.1) is 4.91 Å². The summed E-state index contributed by atoms with van der Waals surface area (Å²) < 4.78 is 6.16. The van der Waals surface area contributed by atoms with Gasteiger partial charge in [-0.2, -0.15) is 0 Å². The molecule has 1 atom stereocenters. The summed E-state index contributed by atoms with van der Waals surface area (Å²) >= 11 is 12.5. The number of hydrogen-bond acceptors (Lipinski definition) is 5. The van der Waals surface area contributed by atoms with Crippen LogP contribution in [0.25, 0.3) is 6.08 Å². The summed E-state index contributed by atoms with van der Waals surface area (Å²) in [5, 5.41) is 9.99. The van der Waals surface area contributed by atoms with E-state index in [0.29, 0.717) is 21.2 Å². The summed E-state index contributed by atoms with van der Waals surface area (Å²) in [6.45, 7) is 1.99. The van der Waals surface area contributed by atoms with Gasteiger partial charge in [0.25, 0.3) is 5.91 Å². The lowest BCUT2D eigenvalue weighted by molar-refractivity contribution is -0.145. The van der Waals surface area contributed by atoms with E-state index < -0.39 is 17.9 Å². The molecule has 1 saturated heterocycles. The van der Waals surface area contributed by atoms with Crippen LogP contribution in [0.3, 0.4) is 0 Å². The fraction of sp³-hybridized carbons (Fsp3) is 0.190. The number of ether oxygens (including phenoxy) is 1. The van der Waals surface area contributed by atoms with Crippen molar-refractivity contribution in [2.24, 2.45) is 0 Å². The maximum Gasteiger partial charge on any atom is 0.326 e. The van der Waals surface area contributed by atoms with Crippen molar-refractivity contribution in [2.45, 2.75) is 26.0 Å². The summed E-state index contributed by atoms with van der Waals surface area (Å²) in [6, 6.07) is 13.7. The van der Waals surface area contributed by atoms with Crippen molar-refractivity contribution >= 4 is 57.9 Å². The molecule has 2 aromatic carbocycles. The van der Waals surface area contributed by atoms with E-state index in [0.717, 1.165) is 17.3 Å². The maximum atomic E-state index is 12.8. The molecule has 2 aromatic rings. The molecule has 0 spiro atoms. The Labute approximate surface area is 183 Å². The van der Waals surface area contributed by atoms with Crippen LogP contribution in [0.2, 0.25) is 5.02 Å². The quantitative estimate of drug-likeness (QED) is 0.476. The smallest absolute Gasteiger partial charge is 0.326 e. The molecule has 0 aliphatic carbocycles. The maximum absolute atomic E-state index is 12.8. The highest BCUT2D eigenvalue weighted by Crippen LogP contribution is 2.36. The van der Waals surface area contributed by atoms with Crippen molar-refractivity contribution in [1.29, 1.82) is 0 Å². The molecule has 3 rings (SSSR count). The average Bonchev–Trinajstić information content (AvgIpc) is 2.96. The van der Waals surface area contributed by atoms with Crippen LogP contribution >= 0.6 is 35.6 Å². The molecular formula is C21H18ClNO4S2. The third kappa shape index (κ3) is 4.80. The molecule has 0 unspecified atom stereocenters. The Bertz CT molecular complexity index is 992. The van der Waals surface area contributed by atoms with Gasteiger partial charge in [0, 0.05) is 16.1 Å². The van der Waals surface area contributed by atoms with Gasteiger partial charge >= 0.3 is 5.97 Å². The molecule has 1 aliphatic rings. The van der Waals surface area contributed by atoms with Gasteiger partial charge in [-0.15, -0.1) is 0 Å². The van der Waals surface area contributed by atoms with Gasteiger partial charge < -0.3 is 9.84 Å². The van der Waals surface area contributed by atoms with Crippen LogP contribution in [-0.4, -0.2) is 32.2 Å². The van der Waals surface area contributed by atoms with E-state index >= 15 is 0 Å². The second-order valence-electron chi connectivity index (χ2n) is 6.23. The number of carboxylic acid groups (broad SMARTS) is 1. The largest absolute Gasteiger partial charge is 0.488 e. The van der Waals surface area contributed by atoms with Crippen LogP contribution in [0.4, 0.5) is 0 Å². The van der Waals surface area contributed by atoms with E-state index in [4.69, 9.17) is 28.6 Å². The zero-order chi connectivity index (χ0) is 21.0. The van der Waals surface area contributed by atoms with Crippen molar-refractivity contribution in [2.75, 3.05) is 0 Å². The van der Waals surface area contributed by atoms with Gasteiger partial charge in [0.1, 0.15) is 22.7 Å². The van der Waals surface area contributed by atoms with E-state index in [1.807, 2.05) is 36.4 Å². The van der Waals surface area contributed by atoms with E-state index in [-0.39, 0.29) is 17.3 Å². The zero-order valence-electron chi connectivity index (χ0n) is 15.5. The first-order valence-corrected chi connectivity index (χ1v) is 10.5. The summed E-state index contributed by atoms with van der Waals surface area (Å²) in [5.41, 5.74) is 1.55. The summed E-state index contributed by atoms with van der Waals surface area (Å²) in [4.78, 5) is 25.8. The monoisotopic (exact) mass is 447 g/mol. The van der Waals surface area contributed by atoms with Crippen LogP contribution in [0.5, 0.6) is 5.75 Å². The first kappa shape index (κ1) is 21.4. The Balaban J connectivity index is 1.84. The van der Waals surface area contributed by atoms with Gasteiger partial charge in [-0.25, -0.2) is 4.79 Å². The number of para-hydroxylation sites is 1. The van der Waals surface area contributed by atoms with Crippen LogP contribution < -0.4 is 4.74 Å². The first-order chi connectivity index (χ1) is 13.9. The molecular weight excluding hydrogens is 430 g/mol. The third-order valence-corrected chi connectivity index (χ3v) is 6.05. The van der Waals surface area contributed by atoms with Crippen molar-refractivity contribution < 1.29 is 19.4 Å². The molecule has 1 N–H and O–H groups in total. The third-order valence-electron chi connectivity index (χ3n) is 4.35. The van der Waals surface area contributed by atoms with Crippen molar-refractivity contribution in [1.82, 2.24) is 4.90 Å². The number of thiocarbonyl (C=S) groups is 1. The Morgan fingerprint density at radius 1 is 1.28 bits per heavy atom. The minimum atomic E-state index is -1.08. The SMILES string of the molecule is CC[C@H](C(=O)O)N1C(=O)/C(=C\c2ccccc2OCc2ccccc2Cl)SC1=S. The van der Waals surface area contributed by atoms with Gasteiger partial charge in [0.15, 0.2) is 0 Å². The lowest BCUT2D eigenvalue weighted by Gasteiger charge is -2.21. The molecule has 1 aliphatic heterocycles. The number of benzene rings is 2. The molecule has 0 radical (unpaired) electrons. The van der Waals surface area contributed by atoms with E-state index in [1.54, 1.807) is 25.1 Å². The van der Waals surface area contributed by atoms with Gasteiger partial charge in [-0.05, 0) is 24.6 Å². The molecule has 1 amide bonds. The van der Waals surface area contributed by atoms with Crippen LogP contribution in [0.1, 0.15) is 24.5 Å². The highest BCUT2D eigenvalue weighted by Gasteiger charge is 2.39. The number of carbonyl (C=O) groups is 2. The Morgan fingerprint density at radius 2 is 1.97 bits per heavy atom. The van der Waals surface area contributed by atoms with E-state index in [2.05, 4.69) is 0 Å². The number of thioether (sulfide) groups is 1. The second-order valence-corrected chi connectivity index (χ2v) is 8.31. The molecule has 1 fully saturated rings. The van der Waals surface area contributed by atoms with Crippen LogP contribution in [-0.2, 0) is 16.2 Å². The van der Waals surface area contributed by atoms with Crippen molar-refractivity contribution in [3.8, 4) is 5.75 Å². The minimum absolute atomic E-state index is 0.241. The van der Waals surface area contributed by atoms with Gasteiger partial charge in [-0.1, -0.05) is 78.9 Å². The summed E-state index contributed by atoms with van der Waals surface area (Å²) in [5.74, 6) is -0.897. The molecule has 0 aromatic heterocycles. The topological polar surface area (TPSA) is 66.8 Å². The van der Waals surface area contributed by atoms with Crippen molar-refractivity contribution in [3.63, 3.8) is 0 Å². The van der Waals surface area contributed by atoms with Crippen LogP contribution in [0, 0.1) is 0 Å². The lowest BCUT2D eigenvalue weighted by atomic mass is 10.1. The molecule has 8 heteroatoms. The van der Waals surface area contributed by atoms with E-state index in [1.165, 1.54) is 4.90 Å². The minimum Gasteiger partial charge on any atom is -0.488 e. The Kier molecular flexibility index (Phi) is 6.95. The zero-order valence-corrected chi connectivity index (χ0v) is 17.9. The number of carbonyl (C=O) groups excluding carboxylic acids is 1. The second kappa shape index (κ2) is 9.43. The molecule has 1 heterocycles. The normalized spacial score (nSPS) is 16.3. The number of nitrogens with zero attached hydrogens (tertiary/aromatic N) is 1. The molecule has 150 valence electrons. The number of aliphatic carboxylic acids is 1. The number of halogens is 1. The van der Waals surface area contributed by atoms with Crippen molar-refractivity contribution in [3.05, 3.63) is 69.6 Å². The fourth-order valence-electron chi connectivity index (χ4n) is 2.86. The highest BCUT2D eigenvalue weighted by molar-refractivity contribution is 8.26. The molecule has 0 saturated carbocycles. The standard InChI is InChI=1S/C21H18ClNO4S2/c1-2-16(20(25)26)23-19(24)18(29-21(23)28)11-13-7-4-6-10-17(13)27-12-14-8-3-5-9-15(14)22/h3-11,16H,2,12H2,1H3,(H,25,26)/b18-11+/t16-/m1/s1. The Morgan fingerprint density at radius 3 is 2.66 bits per heavy atom. The lowest BCUT2D eigenvalue weighted by Crippen LogP contribution is -2.43. The first-order valence-electron chi connectivity index (χ1n) is 8.87. The van der Waals surface area contributed by atoms with Gasteiger partial charge in [-0.3, -0.25) is 9.69 Å². The molecule has 5 nitrogen and oxygen atoms in total.